The fraction of sp³-hybridized carbons (Fsp3) is 0.0769. The lowest BCUT2D eigenvalue weighted by atomic mass is 9.94. The van der Waals surface area contributed by atoms with E-state index in [1.807, 2.05) is 0 Å². The topological polar surface area (TPSA) is 80.0 Å². The number of ether oxygens (including phenoxy) is 1. The average Bonchev–Trinajstić information content (AvgIpc) is 3.37. The summed E-state index contributed by atoms with van der Waals surface area (Å²) in [6, 6.07) is 17.5. The molecule has 1 atom stereocenters. The lowest BCUT2D eigenvalue weighted by Crippen LogP contribution is -2.31. The SMILES string of the molecule is COc1cccc(C2C(C(=O)c3cc4cc(Cl)ccc4o3)=C(O)C(=O)N2c2cccc(F)c2)c1. The van der Waals surface area contributed by atoms with Crippen LogP contribution >= 0.6 is 11.6 Å². The van der Waals surface area contributed by atoms with E-state index in [0.29, 0.717) is 27.3 Å². The zero-order valence-corrected chi connectivity index (χ0v) is 18.5. The summed E-state index contributed by atoms with van der Waals surface area (Å²) in [4.78, 5) is 28.0. The number of fused-ring (bicyclic) bond motifs is 1. The largest absolute Gasteiger partial charge is 0.503 e. The van der Waals surface area contributed by atoms with Gasteiger partial charge in [0.15, 0.2) is 11.5 Å². The smallest absolute Gasteiger partial charge is 0.294 e. The normalized spacial score (nSPS) is 15.9. The van der Waals surface area contributed by atoms with E-state index < -0.39 is 29.3 Å². The molecule has 0 radical (unpaired) electrons. The van der Waals surface area contributed by atoms with E-state index >= 15 is 0 Å². The van der Waals surface area contributed by atoms with Crippen LogP contribution in [0.25, 0.3) is 11.0 Å². The number of Topliss-reactive ketones (excluding diaryl/α,β-unsaturated/α-hetero) is 1. The molecule has 2 heterocycles. The van der Waals surface area contributed by atoms with Crippen LogP contribution in [0.1, 0.15) is 22.2 Å². The molecule has 1 aliphatic rings. The number of aliphatic hydroxyl groups is 1. The standard InChI is InChI=1S/C26H17ClFNO5/c1-33-19-7-2-4-14(11-19)23-22(24(30)21-12-15-10-16(27)8-9-20(15)34-21)25(31)26(32)29(23)18-6-3-5-17(28)13-18/h2-13,23,31H,1H3. The third-order valence-corrected chi connectivity index (χ3v) is 5.89. The molecule has 4 aromatic rings. The quantitative estimate of drug-likeness (QED) is 0.356. The van der Waals surface area contributed by atoms with Gasteiger partial charge in [-0.05, 0) is 60.2 Å². The molecule has 0 saturated heterocycles. The molecule has 8 heteroatoms. The Hall–Kier alpha value is -4.10. The maximum absolute atomic E-state index is 14.0. The highest BCUT2D eigenvalue weighted by molar-refractivity contribution is 6.31. The summed E-state index contributed by atoms with van der Waals surface area (Å²) in [6.45, 7) is 0. The van der Waals surface area contributed by atoms with Crippen molar-refractivity contribution < 1.29 is 28.2 Å². The number of nitrogens with zero attached hydrogens (tertiary/aromatic N) is 1. The highest BCUT2D eigenvalue weighted by atomic mass is 35.5. The van der Waals surface area contributed by atoms with Crippen LogP contribution < -0.4 is 9.64 Å². The van der Waals surface area contributed by atoms with Gasteiger partial charge in [-0.1, -0.05) is 29.8 Å². The number of carbonyl (C=O) groups excluding carboxylic acids is 2. The van der Waals surface area contributed by atoms with E-state index in [0.717, 1.165) is 6.07 Å². The zero-order chi connectivity index (χ0) is 24.0. The van der Waals surface area contributed by atoms with Crippen LogP contribution in [-0.2, 0) is 4.79 Å². The Morgan fingerprint density at radius 3 is 2.65 bits per heavy atom. The summed E-state index contributed by atoms with van der Waals surface area (Å²) < 4.78 is 25.0. The van der Waals surface area contributed by atoms with Crippen LogP contribution in [0, 0.1) is 5.82 Å². The minimum absolute atomic E-state index is 0.0689. The van der Waals surface area contributed by atoms with Gasteiger partial charge in [0.1, 0.15) is 17.1 Å². The number of benzene rings is 3. The Morgan fingerprint density at radius 2 is 1.88 bits per heavy atom. The molecule has 1 amide bonds. The number of methoxy groups -OCH3 is 1. The highest BCUT2D eigenvalue weighted by Crippen LogP contribution is 2.43. The summed E-state index contributed by atoms with van der Waals surface area (Å²) in [5.41, 5.74) is 0.914. The molecule has 0 spiro atoms. The van der Waals surface area contributed by atoms with E-state index in [-0.39, 0.29) is 17.0 Å². The van der Waals surface area contributed by atoms with E-state index in [1.165, 1.54) is 36.3 Å². The van der Waals surface area contributed by atoms with E-state index in [9.17, 15) is 19.1 Å². The van der Waals surface area contributed by atoms with Gasteiger partial charge >= 0.3 is 0 Å². The van der Waals surface area contributed by atoms with Crippen molar-refractivity contribution in [3.63, 3.8) is 0 Å². The van der Waals surface area contributed by atoms with Crippen LogP contribution in [0.15, 0.2) is 88.5 Å². The molecule has 0 aliphatic carbocycles. The number of hydrogen-bond acceptors (Lipinski definition) is 5. The van der Waals surface area contributed by atoms with Crippen LogP contribution in [0.4, 0.5) is 10.1 Å². The second-order valence-electron chi connectivity index (χ2n) is 7.72. The van der Waals surface area contributed by atoms with E-state index in [1.54, 1.807) is 42.5 Å². The second kappa shape index (κ2) is 8.35. The minimum atomic E-state index is -1.05. The van der Waals surface area contributed by atoms with Crippen LogP contribution in [-0.4, -0.2) is 23.9 Å². The van der Waals surface area contributed by atoms with Crippen molar-refractivity contribution in [2.24, 2.45) is 0 Å². The molecule has 1 unspecified atom stereocenters. The molecule has 34 heavy (non-hydrogen) atoms. The molecule has 1 aliphatic heterocycles. The van der Waals surface area contributed by atoms with Gasteiger partial charge in [-0.25, -0.2) is 4.39 Å². The summed E-state index contributed by atoms with van der Waals surface area (Å²) in [5, 5.41) is 11.9. The molecular formula is C26H17ClFNO5. The van der Waals surface area contributed by atoms with Crippen molar-refractivity contribution in [1.82, 2.24) is 0 Å². The van der Waals surface area contributed by atoms with Crippen LogP contribution in [0.5, 0.6) is 5.75 Å². The Balaban J connectivity index is 1.67. The van der Waals surface area contributed by atoms with Crippen molar-refractivity contribution in [2.75, 3.05) is 12.0 Å². The average molecular weight is 478 g/mol. The van der Waals surface area contributed by atoms with Crippen molar-refractivity contribution in [3.8, 4) is 5.75 Å². The maximum Gasteiger partial charge on any atom is 0.294 e. The molecule has 0 saturated carbocycles. The fourth-order valence-corrected chi connectivity index (χ4v) is 4.30. The number of anilines is 1. The molecule has 170 valence electrons. The number of carbonyl (C=O) groups is 2. The number of hydrogen-bond donors (Lipinski definition) is 1. The molecule has 5 rings (SSSR count). The lowest BCUT2D eigenvalue weighted by molar-refractivity contribution is -0.117. The van der Waals surface area contributed by atoms with Gasteiger partial charge in [-0.15, -0.1) is 0 Å². The lowest BCUT2D eigenvalue weighted by Gasteiger charge is -2.27. The van der Waals surface area contributed by atoms with Gasteiger partial charge in [0.2, 0.25) is 5.78 Å². The first-order valence-electron chi connectivity index (χ1n) is 10.3. The number of halogens is 2. The molecular weight excluding hydrogens is 461 g/mol. The highest BCUT2D eigenvalue weighted by Gasteiger charge is 2.45. The summed E-state index contributed by atoms with van der Waals surface area (Å²) in [7, 11) is 1.49. The van der Waals surface area contributed by atoms with Crippen molar-refractivity contribution >= 4 is 39.9 Å². The summed E-state index contributed by atoms with van der Waals surface area (Å²) >= 11 is 6.04. The molecule has 1 aromatic heterocycles. The molecule has 6 nitrogen and oxygen atoms in total. The van der Waals surface area contributed by atoms with Crippen molar-refractivity contribution in [1.29, 1.82) is 0 Å². The van der Waals surface area contributed by atoms with Crippen molar-refractivity contribution in [3.05, 3.63) is 106 Å². The third-order valence-electron chi connectivity index (χ3n) is 5.65. The first-order chi connectivity index (χ1) is 16.4. The van der Waals surface area contributed by atoms with Crippen molar-refractivity contribution in [2.45, 2.75) is 6.04 Å². The predicted octanol–water partition coefficient (Wildman–Crippen LogP) is 6.02. The Kier molecular flexibility index (Phi) is 5.34. The van der Waals surface area contributed by atoms with Gasteiger partial charge in [0.05, 0.1) is 18.7 Å². The number of aliphatic hydroxyl groups excluding tert-OH is 1. The number of ketones is 1. The van der Waals surface area contributed by atoms with Gasteiger partial charge < -0.3 is 14.3 Å². The Morgan fingerprint density at radius 1 is 1.09 bits per heavy atom. The van der Waals surface area contributed by atoms with Gasteiger partial charge in [0.25, 0.3) is 5.91 Å². The number of rotatable bonds is 5. The minimum Gasteiger partial charge on any atom is -0.503 e. The van der Waals surface area contributed by atoms with Crippen LogP contribution in [0.3, 0.4) is 0 Å². The Bertz CT molecular complexity index is 1490. The number of furan rings is 1. The third kappa shape index (κ3) is 3.60. The summed E-state index contributed by atoms with van der Waals surface area (Å²) in [6.07, 6.45) is 0. The summed E-state index contributed by atoms with van der Waals surface area (Å²) in [5.74, 6) is -2.39. The zero-order valence-electron chi connectivity index (χ0n) is 17.8. The van der Waals surface area contributed by atoms with E-state index in [4.69, 9.17) is 20.8 Å². The first-order valence-corrected chi connectivity index (χ1v) is 10.6. The van der Waals surface area contributed by atoms with Crippen LogP contribution in [0.2, 0.25) is 5.02 Å². The molecule has 0 fully saturated rings. The molecule has 3 aromatic carbocycles. The molecule has 0 bridgehead atoms. The second-order valence-corrected chi connectivity index (χ2v) is 8.15. The molecule has 1 N–H and O–H groups in total. The predicted molar refractivity (Wildman–Crippen MR) is 125 cm³/mol. The first kappa shape index (κ1) is 21.7. The monoisotopic (exact) mass is 477 g/mol. The maximum atomic E-state index is 14.0. The van der Waals surface area contributed by atoms with Gasteiger partial charge in [0, 0.05) is 16.1 Å². The van der Waals surface area contributed by atoms with Gasteiger partial charge in [-0.2, -0.15) is 0 Å². The van der Waals surface area contributed by atoms with Gasteiger partial charge in [-0.3, -0.25) is 14.5 Å². The van der Waals surface area contributed by atoms with E-state index in [2.05, 4.69) is 0 Å². The Labute approximate surface area is 198 Å². The number of amides is 1. The fourth-order valence-electron chi connectivity index (χ4n) is 4.12.